The normalized spacial score (nSPS) is 15.3. The highest BCUT2D eigenvalue weighted by atomic mass is 35.5. The fourth-order valence-corrected chi connectivity index (χ4v) is 1.63. The van der Waals surface area contributed by atoms with Gasteiger partial charge in [0.1, 0.15) is 6.61 Å². The molecular weight excluding hydrogens is 212 g/mol. The predicted octanol–water partition coefficient (Wildman–Crippen LogP) is 2.84. The van der Waals surface area contributed by atoms with Crippen molar-refractivity contribution < 1.29 is 9.53 Å². The van der Waals surface area contributed by atoms with E-state index in [9.17, 15) is 4.79 Å². The zero-order valence-electron chi connectivity index (χ0n) is 8.41. The Kier molecular flexibility index (Phi) is 3.39. The summed E-state index contributed by atoms with van der Waals surface area (Å²) in [5, 5.41) is 0.699. The van der Waals surface area contributed by atoms with Gasteiger partial charge in [-0.15, -0.1) is 0 Å². The van der Waals surface area contributed by atoms with Gasteiger partial charge in [0.15, 0.2) is 5.78 Å². The summed E-state index contributed by atoms with van der Waals surface area (Å²) in [6.45, 7) is 0.691. The van der Waals surface area contributed by atoms with Gasteiger partial charge < -0.3 is 4.74 Å². The Morgan fingerprint density at radius 3 is 2.93 bits per heavy atom. The van der Waals surface area contributed by atoms with E-state index in [1.165, 1.54) is 0 Å². The molecule has 2 rings (SSSR count). The summed E-state index contributed by atoms with van der Waals surface area (Å²) >= 11 is 5.82. The number of hydrogen-bond donors (Lipinski definition) is 0. The second-order valence-electron chi connectivity index (χ2n) is 3.86. The van der Waals surface area contributed by atoms with Crippen LogP contribution in [0.5, 0.6) is 0 Å². The molecule has 0 amide bonds. The Morgan fingerprint density at radius 2 is 2.27 bits per heavy atom. The Balaban J connectivity index is 1.75. The minimum absolute atomic E-state index is 0.233. The quantitative estimate of drug-likeness (QED) is 0.769. The maximum atomic E-state index is 11.3. The van der Waals surface area contributed by atoms with Crippen molar-refractivity contribution in [1.29, 1.82) is 0 Å². The van der Waals surface area contributed by atoms with Gasteiger partial charge in [0.2, 0.25) is 0 Å². The van der Waals surface area contributed by atoms with Gasteiger partial charge in [0.25, 0.3) is 0 Å². The van der Waals surface area contributed by atoms with E-state index in [0.717, 1.165) is 18.4 Å². The van der Waals surface area contributed by atoms with Gasteiger partial charge in [-0.3, -0.25) is 4.79 Å². The zero-order valence-corrected chi connectivity index (χ0v) is 9.17. The molecule has 1 aromatic carbocycles. The van der Waals surface area contributed by atoms with Gasteiger partial charge >= 0.3 is 0 Å². The Labute approximate surface area is 94.2 Å². The molecule has 0 atom stereocenters. The maximum Gasteiger partial charge on any atom is 0.161 e. The minimum Gasteiger partial charge on any atom is -0.369 e. The van der Waals surface area contributed by atoms with Crippen molar-refractivity contribution >= 4 is 17.4 Å². The first-order valence-electron chi connectivity index (χ1n) is 5.10. The fraction of sp³-hybridized carbons (Fsp3) is 0.417. The molecule has 0 aromatic heterocycles. The second-order valence-corrected chi connectivity index (χ2v) is 4.30. The number of carbonyl (C=O) groups is 1. The standard InChI is InChI=1S/C12H13ClO2/c13-11-3-1-2-9(6-11)7-15-8-12(14)10-4-5-10/h1-3,6,10H,4-5,7-8H2. The number of hydrogen-bond acceptors (Lipinski definition) is 2. The van der Waals surface area contributed by atoms with Crippen LogP contribution in [-0.2, 0) is 16.1 Å². The van der Waals surface area contributed by atoms with Crippen LogP contribution in [0.25, 0.3) is 0 Å². The SMILES string of the molecule is O=C(COCc1cccc(Cl)c1)C1CC1. The fourth-order valence-electron chi connectivity index (χ4n) is 1.42. The van der Waals surface area contributed by atoms with Crippen molar-refractivity contribution in [3.8, 4) is 0 Å². The average molecular weight is 225 g/mol. The molecule has 0 heterocycles. The minimum atomic E-state index is 0.233. The molecule has 1 saturated carbocycles. The van der Waals surface area contributed by atoms with E-state index in [2.05, 4.69) is 0 Å². The molecule has 1 aliphatic carbocycles. The van der Waals surface area contributed by atoms with E-state index in [1.807, 2.05) is 24.3 Å². The lowest BCUT2D eigenvalue weighted by Gasteiger charge is -2.03. The summed E-state index contributed by atoms with van der Waals surface area (Å²) in [6, 6.07) is 7.49. The maximum absolute atomic E-state index is 11.3. The predicted molar refractivity (Wildman–Crippen MR) is 58.8 cm³/mol. The first kappa shape index (κ1) is 10.7. The van der Waals surface area contributed by atoms with E-state index in [0.29, 0.717) is 11.6 Å². The molecule has 0 spiro atoms. The summed E-state index contributed by atoms with van der Waals surface area (Å²) in [6.07, 6.45) is 2.08. The van der Waals surface area contributed by atoms with Gasteiger partial charge in [-0.2, -0.15) is 0 Å². The number of rotatable bonds is 5. The molecule has 0 bridgehead atoms. The summed E-state index contributed by atoms with van der Waals surface area (Å²) in [5.74, 6) is 0.515. The van der Waals surface area contributed by atoms with E-state index in [4.69, 9.17) is 16.3 Å². The lowest BCUT2D eigenvalue weighted by Crippen LogP contribution is -2.10. The Morgan fingerprint density at radius 1 is 1.47 bits per heavy atom. The van der Waals surface area contributed by atoms with Crippen molar-refractivity contribution in [2.75, 3.05) is 6.61 Å². The highest BCUT2D eigenvalue weighted by Crippen LogP contribution is 2.29. The van der Waals surface area contributed by atoms with Crippen molar-refractivity contribution in [2.24, 2.45) is 5.92 Å². The lowest BCUT2D eigenvalue weighted by atomic mass is 10.2. The molecule has 0 radical (unpaired) electrons. The first-order chi connectivity index (χ1) is 7.25. The summed E-state index contributed by atoms with van der Waals surface area (Å²) in [4.78, 5) is 11.3. The third kappa shape index (κ3) is 3.33. The number of benzene rings is 1. The Hall–Kier alpha value is -0.860. The van der Waals surface area contributed by atoms with E-state index in [1.54, 1.807) is 0 Å². The van der Waals surface area contributed by atoms with Crippen LogP contribution < -0.4 is 0 Å². The van der Waals surface area contributed by atoms with Crippen molar-refractivity contribution in [1.82, 2.24) is 0 Å². The molecule has 1 fully saturated rings. The Bertz CT molecular complexity index is 358. The third-order valence-corrected chi connectivity index (χ3v) is 2.67. The van der Waals surface area contributed by atoms with Gasteiger partial charge in [-0.05, 0) is 30.5 Å². The molecule has 80 valence electrons. The molecule has 15 heavy (non-hydrogen) atoms. The van der Waals surface area contributed by atoms with Crippen molar-refractivity contribution in [3.63, 3.8) is 0 Å². The van der Waals surface area contributed by atoms with Crippen molar-refractivity contribution in [3.05, 3.63) is 34.9 Å². The van der Waals surface area contributed by atoms with E-state index >= 15 is 0 Å². The number of ketones is 1. The van der Waals surface area contributed by atoms with Gasteiger partial charge in [-0.25, -0.2) is 0 Å². The highest BCUT2D eigenvalue weighted by molar-refractivity contribution is 6.30. The topological polar surface area (TPSA) is 26.3 Å². The molecule has 2 nitrogen and oxygen atoms in total. The van der Waals surface area contributed by atoms with Gasteiger partial charge in [0.05, 0.1) is 6.61 Å². The molecule has 0 unspecified atom stereocenters. The van der Waals surface area contributed by atoms with Gasteiger partial charge in [-0.1, -0.05) is 23.7 Å². The zero-order chi connectivity index (χ0) is 10.7. The van der Waals surface area contributed by atoms with Crippen LogP contribution in [0.3, 0.4) is 0 Å². The van der Waals surface area contributed by atoms with E-state index < -0.39 is 0 Å². The second kappa shape index (κ2) is 4.77. The van der Waals surface area contributed by atoms with Crippen LogP contribution in [0.15, 0.2) is 24.3 Å². The number of Topliss-reactive ketones (excluding diaryl/α,β-unsaturated/α-hetero) is 1. The average Bonchev–Trinajstić information content (AvgIpc) is 3.00. The first-order valence-corrected chi connectivity index (χ1v) is 5.48. The largest absolute Gasteiger partial charge is 0.369 e. The number of ether oxygens (including phenoxy) is 1. The van der Waals surface area contributed by atoms with Gasteiger partial charge in [0, 0.05) is 10.9 Å². The molecular formula is C12H13ClO2. The van der Waals surface area contributed by atoms with Crippen molar-refractivity contribution in [2.45, 2.75) is 19.4 Å². The molecule has 1 aliphatic rings. The smallest absolute Gasteiger partial charge is 0.161 e. The lowest BCUT2D eigenvalue weighted by molar-refractivity contribution is -0.125. The van der Waals surface area contributed by atoms with Crippen LogP contribution >= 0.6 is 11.6 Å². The van der Waals surface area contributed by atoms with Crippen LogP contribution in [0.2, 0.25) is 5.02 Å². The molecule has 0 saturated heterocycles. The summed E-state index contributed by atoms with van der Waals surface area (Å²) in [7, 11) is 0. The number of carbonyl (C=O) groups excluding carboxylic acids is 1. The van der Waals surface area contributed by atoms with Crippen LogP contribution in [0.4, 0.5) is 0 Å². The summed E-state index contributed by atoms with van der Waals surface area (Å²) in [5.41, 5.74) is 1.01. The number of halogens is 1. The summed E-state index contributed by atoms with van der Waals surface area (Å²) < 4.78 is 5.33. The van der Waals surface area contributed by atoms with Crippen LogP contribution in [-0.4, -0.2) is 12.4 Å². The van der Waals surface area contributed by atoms with Crippen LogP contribution in [0.1, 0.15) is 18.4 Å². The van der Waals surface area contributed by atoms with Crippen LogP contribution in [0, 0.1) is 5.92 Å². The molecule has 0 aliphatic heterocycles. The molecule has 0 N–H and O–H groups in total. The molecule has 3 heteroatoms. The third-order valence-electron chi connectivity index (χ3n) is 2.43. The highest BCUT2D eigenvalue weighted by Gasteiger charge is 2.29. The van der Waals surface area contributed by atoms with E-state index in [-0.39, 0.29) is 18.3 Å². The molecule has 1 aromatic rings. The monoisotopic (exact) mass is 224 g/mol.